The van der Waals surface area contributed by atoms with Crippen LogP contribution in [0.3, 0.4) is 0 Å². The van der Waals surface area contributed by atoms with Gasteiger partial charge in [-0.1, -0.05) is 150 Å². The van der Waals surface area contributed by atoms with Crippen LogP contribution in [0.15, 0.2) is 160 Å². The average molecular weight is 685 g/mol. The van der Waals surface area contributed by atoms with Gasteiger partial charge in [0.15, 0.2) is 5.69 Å². The van der Waals surface area contributed by atoms with Crippen LogP contribution in [0.1, 0.15) is 53.3 Å². The van der Waals surface area contributed by atoms with Crippen LogP contribution in [0.25, 0.3) is 11.1 Å². The number of benzene rings is 5. The molecule has 1 atom stereocenters. The number of hydrogen-bond acceptors (Lipinski definition) is 6. The molecule has 52 heavy (non-hydrogen) atoms. The summed E-state index contributed by atoms with van der Waals surface area (Å²) in [6.45, 7) is 2.30. The maximum atomic E-state index is 13.3. The number of unbranched alkanes of at least 4 members (excludes halogenated alkanes) is 1. The SMILES string of the molecule is CCCCc1c(Cc2ccc(-c3ccccc3[N+]3(C(c4ccccc4)(c4ccccc4)c4ccccc4)C=NN=N3)cc2)c(=O)nc2n1CC(=O)N2. The number of fused-ring (bicyclic) bond motifs is 1. The van der Waals surface area contributed by atoms with Crippen LogP contribution in [0.5, 0.6) is 0 Å². The Morgan fingerprint density at radius 1 is 0.750 bits per heavy atom. The fraction of sp³-hybridized carbons (Fsp3) is 0.163. The molecule has 2 aliphatic rings. The molecule has 8 rings (SSSR count). The molecule has 6 aromatic rings. The molecular weight excluding hydrogens is 647 g/mol. The second-order valence-corrected chi connectivity index (χ2v) is 13.2. The Morgan fingerprint density at radius 3 is 1.92 bits per heavy atom. The number of para-hydroxylation sites is 1. The molecule has 5 aromatic carbocycles. The molecule has 1 aromatic heterocycles. The third kappa shape index (κ3) is 5.46. The number of hydrogen-bond donors (Lipinski definition) is 1. The maximum Gasteiger partial charge on any atom is 0.278 e. The van der Waals surface area contributed by atoms with Crippen LogP contribution >= 0.6 is 0 Å². The van der Waals surface area contributed by atoms with E-state index in [4.69, 9.17) is 5.22 Å². The van der Waals surface area contributed by atoms with Crippen molar-refractivity contribution in [1.29, 1.82) is 0 Å². The maximum absolute atomic E-state index is 13.3. The summed E-state index contributed by atoms with van der Waals surface area (Å²) in [5, 5.41) is 16.6. The van der Waals surface area contributed by atoms with Crippen molar-refractivity contribution in [2.75, 3.05) is 5.32 Å². The normalized spacial score (nSPS) is 16.2. The van der Waals surface area contributed by atoms with Gasteiger partial charge >= 0.3 is 0 Å². The highest BCUT2D eigenvalue weighted by Crippen LogP contribution is 2.53. The molecule has 9 nitrogen and oxygen atoms in total. The van der Waals surface area contributed by atoms with Crippen LogP contribution in [0.2, 0.25) is 0 Å². The van der Waals surface area contributed by atoms with E-state index in [0.29, 0.717) is 24.4 Å². The molecule has 0 aliphatic carbocycles. The fourth-order valence-electron chi connectivity index (χ4n) is 7.82. The standard InChI is InChI=1S/C43H37N7O2/c1-2-3-22-38-37(41(52)46-42-45-40(51)29-49(38)42)28-31-24-26-32(27-25-31)36-21-13-14-23-39(36)50(30-44-47-48-50)43(33-15-7-4-8-16-33,34-17-9-5-10-18-34)35-19-11-6-12-20-35/h4-21,23-27,30H,2-3,22,28-29H2,1H3/p+1. The first kappa shape index (κ1) is 32.9. The Bertz CT molecular complexity index is 2240. The first-order valence-corrected chi connectivity index (χ1v) is 17.7. The van der Waals surface area contributed by atoms with E-state index in [-0.39, 0.29) is 22.6 Å². The zero-order valence-corrected chi connectivity index (χ0v) is 28.9. The predicted molar refractivity (Wildman–Crippen MR) is 205 cm³/mol. The molecule has 0 bridgehead atoms. The summed E-state index contributed by atoms with van der Waals surface area (Å²) in [5.41, 5.74) is 7.27. The van der Waals surface area contributed by atoms with E-state index in [1.54, 1.807) is 0 Å². The van der Waals surface area contributed by atoms with E-state index in [2.05, 4.69) is 137 Å². The Hall–Kier alpha value is -6.32. The van der Waals surface area contributed by atoms with Crippen molar-refractivity contribution in [3.8, 4) is 11.1 Å². The minimum absolute atomic E-state index is 0.0614. The van der Waals surface area contributed by atoms with E-state index in [0.717, 1.165) is 57.6 Å². The molecule has 0 saturated heterocycles. The van der Waals surface area contributed by atoms with Crippen LogP contribution in [-0.2, 0) is 29.7 Å². The summed E-state index contributed by atoms with van der Waals surface area (Å²) in [7, 11) is 0. The van der Waals surface area contributed by atoms with E-state index in [1.807, 2.05) is 41.2 Å². The zero-order chi connectivity index (χ0) is 35.5. The van der Waals surface area contributed by atoms with Gasteiger partial charge in [-0.15, -0.1) is 0 Å². The Labute approximate surface area is 302 Å². The molecule has 1 unspecified atom stereocenters. The fourth-order valence-corrected chi connectivity index (χ4v) is 7.82. The monoisotopic (exact) mass is 684 g/mol. The number of rotatable bonds is 11. The van der Waals surface area contributed by atoms with Crippen LogP contribution in [0, 0.1) is 0 Å². The molecule has 9 heteroatoms. The van der Waals surface area contributed by atoms with E-state index in [1.165, 1.54) is 0 Å². The van der Waals surface area contributed by atoms with Gasteiger partial charge in [-0.25, -0.2) is 0 Å². The van der Waals surface area contributed by atoms with Crippen LogP contribution in [-0.4, -0.2) is 21.8 Å². The molecule has 3 heterocycles. The molecular formula is C43H38N7O2+. The summed E-state index contributed by atoms with van der Waals surface area (Å²) < 4.78 is 1.81. The number of quaternary nitrogens is 1. The van der Waals surface area contributed by atoms with Gasteiger partial charge in [0.05, 0.1) is 5.22 Å². The summed E-state index contributed by atoms with van der Waals surface area (Å²) >= 11 is 0. The van der Waals surface area contributed by atoms with E-state index in [9.17, 15) is 9.59 Å². The lowest BCUT2D eigenvalue weighted by atomic mass is 9.74. The lowest BCUT2D eigenvalue weighted by molar-refractivity contribution is -0.115. The molecule has 256 valence electrons. The van der Waals surface area contributed by atoms with Crippen molar-refractivity contribution in [3.63, 3.8) is 0 Å². The number of carbonyl (C=O) groups excluding carboxylic acids is 1. The highest BCUT2D eigenvalue weighted by atomic mass is 16.2. The summed E-state index contributed by atoms with van der Waals surface area (Å²) in [4.78, 5) is 29.8. The van der Waals surface area contributed by atoms with Gasteiger partial charge in [0.25, 0.3) is 5.56 Å². The van der Waals surface area contributed by atoms with Crippen molar-refractivity contribution in [2.45, 2.75) is 44.7 Å². The highest BCUT2D eigenvalue weighted by Gasteiger charge is 2.60. The quantitative estimate of drug-likeness (QED) is 0.110. The molecule has 0 fully saturated rings. The third-order valence-electron chi connectivity index (χ3n) is 10.2. The van der Waals surface area contributed by atoms with Crippen molar-refractivity contribution >= 4 is 23.9 Å². The van der Waals surface area contributed by atoms with E-state index >= 15 is 0 Å². The lowest BCUT2D eigenvalue weighted by Gasteiger charge is -2.44. The number of aromatic nitrogens is 2. The van der Waals surface area contributed by atoms with Crippen molar-refractivity contribution in [2.24, 2.45) is 15.5 Å². The average Bonchev–Trinajstić information content (AvgIpc) is 3.84. The lowest BCUT2D eigenvalue weighted by Crippen LogP contribution is -2.60. The summed E-state index contributed by atoms with van der Waals surface area (Å²) in [5.74, 6) is 0.192. The van der Waals surface area contributed by atoms with Gasteiger partial charge in [-0.05, 0) is 30.0 Å². The second-order valence-electron chi connectivity index (χ2n) is 13.2. The van der Waals surface area contributed by atoms with Crippen LogP contribution < -0.4 is 15.5 Å². The largest absolute Gasteiger partial charge is 0.306 e. The first-order chi connectivity index (χ1) is 25.5. The van der Waals surface area contributed by atoms with Gasteiger partial charge in [0.2, 0.25) is 23.7 Å². The predicted octanol–water partition coefficient (Wildman–Crippen LogP) is 8.42. The number of anilines is 1. The number of nitrogens with zero attached hydrogens (tertiary/aromatic N) is 6. The van der Waals surface area contributed by atoms with Gasteiger partial charge in [0, 0.05) is 51.2 Å². The Balaban J connectivity index is 1.27. The van der Waals surface area contributed by atoms with Crippen molar-refractivity contribution in [3.05, 3.63) is 183 Å². The molecule has 1 N–H and O–H groups in total. The molecule has 0 radical (unpaired) electrons. The molecule has 1 amide bonds. The van der Waals surface area contributed by atoms with Gasteiger partial charge in [-0.2, -0.15) is 4.98 Å². The number of carbonyl (C=O) groups is 1. The molecule has 0 spiro atoms. The van der Waals surface area contributed by atoms with E-state index < -0.39 is 5.54 Å². The zero-order valence-electron chi connectivity index (χ0n) is 28.9. The minimum atomic E-state index is -0.906. The Kier molecular flexibility index (Phi) is 8.70. The van der Waals surface area contributed by atoms with Crippen molar-refractivity contribution < 1.29 is 4.79 Å². The van der Waals surface area contributed by atoms with Gasteiger partial charge < -0.3 is 4.57 Å². The topological polar surface area (TPSA) is 101 Å². The van der Waals surface area contributed by atoms with Gasteiger partial charge in [0.1, 0.15) is 6.54 Å². The second kappa shape index (κ2) is 13.8. The Morgan fingerprint density at radius 2 is 1.35 bits per heavy atom. The van der Waals surface area contributed by atoms with Crippen LogP contribution in [0.4, 0.5) is 11.6 Å². The summed E-state index contributed by atoms with van der Waals surface area (Å²) in [6.07, 6.45) is 4.86. The summed E-state index contributed by atoms with van der Waals surface area (Å²) in [6, 6.07) is 48.0. The molecule has 0 saturated carbocycles. The minimum Gasteiger partial charge on any atom is -0.306 e. The third-order valence-corrected chi connectivity index (χ3v) is 10.2. The van der Waals surface area contributed by atoms with Gasteiger partial charge in [-0.3, -0.25) is 14.9 Å². The van der Waals surface area contributed by atoms with Crippen molar-refractivity contribution in [1.82, 2.24) is 14.1 Å². The molecule has 2 aliphatic heterocycles. The first-order valence-electron chi connectivity index (χ1n) is 17.7. The smallest absolute Gasteiger partial charge is 0.278 e. The number of nitrogens with one attached hydrogen (secondary N) is 1. The number of amides is 1. The highest BCUT2D eigenvalue weighted by molar-refractivity contribution is 5.92.